The minimum absolute atomic E-state index is 0.161. The van der Waals surface area contributed by atoms with Crippen LogP contribution >= 0.6 is 0 Å². The van der Waals surface area contributed by atoms with E-state index in [2.05, 4.69) is 173 Å². The molecule has 4 heteroatoms. The fourth-order valence-corrected chi connectivity index (χ4v) is 8.65. The van der Waals surface area contributed by atoms with Gasteiger partial charge in [-0.3, -0.25) is 4.40 Å². The highest BCUT2D eigenvalue weighted by atomic mass is 15.1. The molecule has 3 aromatic heterocycles. The van der Waals surface area contributed by atoms with Gasteiger partial charge in [-0.05, 0) is 101 Å². The highest BCUT2D eigenvalue weighted by Gasteiger charge is 2.35. The van der Waals surface area contributed by atoms with Crippen molar-refractivity contribution in [1.82, 2.24) is 18.9 Å². The Balaban J connectivity index is 1.30. The van der Waals surface area contributed by atoms with Crippen molar-refractivity contribution in [1.29, 1.82) is 0 Å². The highest BCUT2D eigenvalue weighted by molar-refractivity contribution is 6.14. The normalized spacial score (nSPS) is 13.9. The van der Waals surface area contributed by atoms with Gasteiger partial charge in [-0.15, -0.1) is 0 Å². The lowest BCUT2D eigenvalue weighted by atomic mass is 9.74. The van der Waals surface area contributed by atoms with Gasteiger partial charge >= 0.3 is 0 Å². The second-order valence-electron chi connectivity index (χ2n) is 16.1. The van der Waals surface area contributed by atoms with Gasteiger partial charge in [-0.2, -0.15) is 0 Å². The Kier molecular flexibility index (Phi) is 6.00. The fraction of sp³-hybridized carbons (Fsp3) is 0.191. The van der Waals surface area contributed by atoms with E-state index in [4.69, 9.17) is 9.97 Å². The second kappa shape index (κ2) is 10.2. The van der Waals surface area contributed by atoms with Crippen molar-refractivity contribution < 1.29 is 0 Å². The highest BCUT2D eigenvalue weighted by Crippen LogP contribution is 2.49. The molecule has 0 saturated heterocycles. The third kappa shape index (κ3) is 4.14. The van der Waals surface area contributed by atoms with Gasteiger partial charge in [-0.1, -0.05) is 101 Å². The van der Waals surface area contributed by atoms with E-state index in [0.29, 0.717) is 0 Å². The van der Waals surface area contributed by atoms with Crippen LogP contribution in [0.3, 0.4) is 0 Å². The van der Waals surface area contributed by atoms with Crippen molar-refractivity contribution in [2.45, 2.75) is 59.3 Å². The lowest BCUT2D eigenvalue weighted by Gasteiger charge is -2.35. The molecule has 1 aliphatic rings. The van der Waals surface area contributed by atoms with Crippen molar-refractivity contribution in [3.8, 4) is 27.9 Å². The Morgan fingerprint density at radius 2 is 1.33 bits per heavy atom. The van der Waals surface area contributed by atoms with E-state index in [1.54, 1.807) is 0 Å². The summed E-state index contributed by atoms with van der Waals surface area (Å²) in [5, 5.41) is 3.60. The van der Waals surface area contributed by atoms with Gasteiger partial charge in [0.25, 0.3) is 0 Å². The van der Waals surface area contributed by atoms with E-state index in [1.807, 2.05) is 0 Å². The third-order valence-electron chi connectivity index (χ3n) is 11.4. The number of fused-ring (bicyclic) bond motifs is 10. The molecule has 6 aromatic carbocycles. The van der Waals surface area contributed by atoms with Crippen LogP contribution < -0.4 is 0 Å². The third-order valence-corrected chi connectivity index (χ3v) is 11.4. The van der Waals surface area contributed by atoms with Crippen LogP contribution in [-0.4, -0.2) is 18.9 Å². The number of benzene rings is 6. The average molecular weight is 661 g/mol. The van der Waals surface area contributed by atoms with E-state index in [0.717, 1.165) is 44.5 Å². The Hall–Kier alpha value is -5.74. The van der Waals surface area contributed by atoms with Crippen LogP contribution in [0.2, 0.25) is 0 Å². The van der Waals surface area contributed by atoms with Crippen LogP contribution in [0.1, 0.15) is 62.7 Å². The summed E-state index contributed by atoms with van der Waals surface area (Å²) in [5.74, 6) is 1.02. The first-order valence-electron chi connectivity index (χ1n) is 18.0. The van der Waals surface area contributed by atoms with Crippen LogP contribution in [0, 0.1) is 13.8 Å². The molecule has 4 heterocycles. The van der Waals surface area contributed by atoms with Crippen molar-refractivity contribution in [3.63, 3.8) is 0 Å². The predicted molar refractivity (Wildman–Crippen MR) is 214 cm³/mol. The quantitative estimate of drug-likeness (QED) is 0.185. The minimum Gasteiger partial charge on any atom is -0.309 e. The first-order chi connectivity index (χ1) is 24.5. The maximum absolute atomic E-state index is 5.53. The average Bonchev–Trinajstić information content (AvgIpc) is 3.65. The van der Waals surface area contributed by atoms with Gasteiger partial charge < -0.3 is 4.57 Å². The van der Waals surface area contributed by atoms with Crippen LogP contribution in [0.5, 0.6) is 0 Å². The van der Waals surface area contributed by atoms with E-state index < -0.39 is 0 Å². The molecule has 10 rings (SSSR count). The molecule has 0 amide bonds. The number of para-hydroxylation sites is 2. The van der Waals surface area contributed by atoms with Gasteiger partial charge in [0.15, 0.2) is 0 Å². The molecule has 9 aromatic rings. The van der Waals surface area contributed by atoms with Crippen molar-refractivity contribution >= 4 is 49.4 Å². The van der Waals surface area contributed by atoms with E-state index >= 15 is 0 Å². The molecule has 0 N–H and O–H groups in total. The molecule has 0 radical (unpaired) electrons. The van der Waals surface area contributed by atoms with E-state index in [-0.39, 0.29) is 10.8 Å². The minimum atomic E-state index is -0.205. The number of hydrogen-bond acceptors (Lipinski definition) is 2. The molecule has 0 saturated carbocycles. The van der Waals surface area contributed by atoms with Gasteiger partial charge in [-0.25, -0.2) is 9.97 Å². The Morgan fingerprint density at radius 1 is 0.588 bits per heavy atom. The predicted octanol–water partition coefficient (Wildman–Crippen LogP) is 12.0. The number of hydrogen-bond donors (Lipinski definition) is 0. The van der Waals surface area contributed by atoms with Crippen LogP contribution in [0.4, 0.5) is 0 Å². The maximum atomic E-state index is 5.53. The lowest BCUT2D eigenvalue weighted by molar-refractivity contribution is 0.542. The summed E-state index contributed by atoms with van der Waals surface area (Å²) in [6.45, 7) is 15.8. The molecule has 51 heavy (non-hydrogen) atoms. The molecule has 0 fully saturated rings. The van der Waals surface area contributed by atoms with Gasteiger partial charge in [0, 0.05) is 32.6 Å². The molecule has 0 aliphatic carbocycles. The first-order valence-corrected chi connectivity index (χ1v) is 18.0. The monoisotopic (exact) mass is 660 g/mol. The number of imidazole rings is 1. The zero-order chi connectivity index (χ0) is 35.0. The van der Waals surface area contributed by atoms with Gasteiger partial charge in [0.05, 0.1) is 33.3 Å². The summed E-state index contributed by atoms with van der Waals surface area (Å²) >= 11 is 0. The zero-order valence-electron chi connectivity index (χ0n) is 30.3. The number of aromatic nitrogens is 4. The number of aryl methyl sites for hydroxylation is 2. The van der Waals surface area contributed by atoms with Gasteiger partial charge in [0.1, 0.15) is 11.5 Å². The Labute approximate surface area is 298 Å². The van der Waals surface area contributed by atoms with Crippen LogP contribution in [-0.2, 0) is 10.8 Å². The second-order valence-corrected chi connectivity index (χ2v) is 16.1. The molecule has 0 atom stereocenters. The van der Waals surface area contributed by atoms with Crippen molar-refractivity contribution in [3.05, 3.63) is 143 Å². The summed E-state index contributed by atoms with van der Waals surface area (Å²) in [6, 6.07) is 42.6. The summed E-state index contributed by atoms with van der Waals surface area (Å²) in [4.78, 5) is 10.8. The lowest BCUT2D eigenvalue weighted by Crippen LogP contribution is -2.26. The van der Waals surface area contributed by atoms with Crippen LogP contribution in [0.25, 0.3) is 77.3 Å². The molecular weight excluding hydrogens is 621 g/mol. The summed E-state index contributed by atoms with van der Waals surface area (Å²) in [7, 11) is 0. The van der Waals surface area contributed by atoms with E-state index in [1.165, 1.54) is 60.9 Å². The summed E-state index contributed by atoms with van der Waals surface area (Å²) in [5.41, 5.74) is 17.5. The molecule has 248 valence electrons. The van der Waals surface area contributed by atoms with Crippen molar-refractivity contribution in [2.75, 3.05) is 0 Å². The maximum Gasteiger partial charge on any atom is 0.148 e. The molecule has 0 unspecified atom stereocenters. The summed E-state index contributed by atoms with van der Waals surface area (Å²) < 4.78 is 4.80. The largest absolute Gasteiger partial charge is 0.309 e. The Morgan fingerprint density at radius 3 is 2.14 bits per heavy atom. The first kappa shape index (κ1) is 30.1. The fourth-order valence-electron chi connectivity index (χ4n) is 8.65. The smallest absolute Gasteiger partial charge is 0.148 e. The SMILES string of the molecule is Cc1cc2nc3c4cccc(-c5ccc6c(c5)c5cc(-c7ccccc7)cc7c5n6-c5ccccc5C7(C)C)c4nc(C(C)(C)C)n3c2cc1C. The molecule has 4 nitrogen and oxygen atoms in total. The molecule has 0 spiro atoms. The molecular formula is C47H40N4. The van der Waals surface area contributed by atoms with Crippen molar-refractivity contribution in [2.24, 2.45) is 0 Å². The standard InChI is InChI=1S/C47H40N4/c1-27-22-38-41(23-28(27)2)51-44(48-38)33-17-13-16-32(42(33)49-45(51)46(3,4)5)30-20-21-39-34(24-30)35-25-31(29-14-9-8-10-15-29)26-37-43(35)50(39)40-19-12-11-18-36(40)47(37,6)7/h8-26H,1-7H3. The number of nitrogens with zero attached hydrogens (tertiary/aromatic N) is 4. The molecule has 1 aliphatic heterocycles. The number of rotatable bonds is 2. The zero-order valence-corrected chi connectivity index (χ0v) is 30.3. The topological polar surface area (TPSA) is 35.1 Å². The van der Waals surface area contributed by atoms with E-state index in [9.17, 15) is 0 Å². The molecule has 0 bridgehead atoms. The Bertz CT molecular complexity index is 2930. The van der Waals surface area contributed by atoms with Gasteiger partial charge in [0.2, 0.25) is 0 Å². The summed E-state index contributed by atoms with van der Waals surface area (Å²) in [6.07, 6.45) is 0. The van der Waals surface area contributed by atoms with Crippen LogP contribution in [0.15, 0.2) is 115 Å².